The number of benzene rings is 2. The average molecular weight is 794 g/mol. The van der Waals surface area contributed by atoms with Gasteiger partial charge in [0.2, 0.25) is 11.7 Å². The first-order valence-electron chi connectivity index (χ1n) is 16.3. The summed E-state index contributed by atoms with van der Waals surface area (Å²) in [7, 11) is 3.10. The number of aryl methyl sites for hydroxylation is 1. The summed E-state index contributed by atoms with van der Waals surface area (Å²) in [6, 6.07) is 6.49. The maximum atomic E-state index is 14.9. The second kappa shape index (κ2) is 14.4. The summed E-state index contributed by atoms with van der Waals surface area (Å²) in [6.45, 7) is -0.800. The van der Waals surface area contributed by atoms with Gasteiger partial charge in [0.05, 0.1) is 44.5 Å². The number of methoxy groups -OCH3 is 1. The highest BCUT2D eigenvalue weighted by Gasteiger charge is 2.46. The summed E-state index contributed by atoms with van der Waals surface area (Å²) in [5.41, 5.74) is 0.201. The second-order valence-corrected chi connectivity index (χ2v) is 14.3. The zero-order valence-electron chi connectivity index (χ0n) is 28.6. The molecule has 20 heteroatoms. The first kappa shape index (κ1) is 37.5. The number of hydrogen-bond donors (Lipinski definition) is 3. The van der Waals surface area contributed by atoms with Crippen molar-refractivity contribution in [1.29, 1.82) is 0 Å². The van der Waals surface area contributed by atoms with Gasteiger partial charge < -0.3 is 19.6 Å². The molecule has 3 N–H and O–H groups in total. The van der Waals surface area contributed by atoms with Crippen LogP contribution in [-0.4, -0.2) is 58.3 Å². The Morgan fingerprint density at radius 3 is 2.54 bits per heavy atom. The SMILES string of the molecule is COCc1nc2nc(C(Cc3cc(F)cc(F)c3)NC(=O)Cn3nc(C(F)F)c4c3C(F)(F)CC4)c(-c3ccc(Cl)c4c(N[S+](C)[O-])nn(C)c34)cc2[nH]1. The quantitative estimate of drug-likeness (QED) is 0.0931. The fraction of sp³-hybridized carbons (Fsp3) is 0.324. The van der Waals surface area contributed by atoms with Gasteiger partial charge in [-0.3, -0.25) is 14.2 Å². The van der Waals surface area contributed by atoms with E-state index in [4.69, 9.17) is 21.3 Å². The number of carbonyl (C=O) groups excluding carboxylic acids is 1. The van der Waals surface area contributed by atoms with Gasteiger partial charge in [-0.05, 0) is 42.7 Å². The summed E-state index contributed by atoms with van der Waals surface area (Å²) in [6.07, 6.45) is -3.07. The first-order chi connectivity index (χ1) is 25.6. The standard InChI is InChI=1S/C34H30ClF6N9O3S/c1-49-29-18(4-5-21(35)26(29)33(47-49)48-54(3)52)20-12-23-32(44-24(42-23)14-53-2)45-27(20)22(10-15-8-16(36)11-17(37)9-15)43-25(51)13-50-30-19(6-7-34(30,40)41)28(46-50)31(38)39/h4-5,8-9,11-12,22,31H,6-7,10,13-14H2,1-3H3,(H,43,51)(H,47,48)(H,42,44,45). The van der Waals surface area contributed by atoms with E-state index in [0.29, 0.717) is 44.1 Å². The minimum Gasteiger partial charge on any atom is -0.593 e. The Bertz CT molecular complexity index is 2400. The predicted molar refractivity (Wildman–Crippen MR) is 187 cm³/mol. The topological polar surface area (TPSA) is 151 Å². The molecule has 12 nitrogen and oxygen atoms in total. The van der Waals surface area contributed by atoms with Crippen molar-refractivity contribution in [2.24, 2.45) is 7.05 Å². The van der Waals surface area contributed by atoms with Gasteiger partial charge in [0.1, 0.15) is 48.3 Å². The van der Waals surface area contributed by atoms with Crippen LogP contribution in [0.3, 0.4) is 0 Å². The van der Waals surface area contributed by atoms with Gasteiger partial charge in [-0.2, -0.15) is 23.7 Å². The zero-order valence-corrected chi connectivity index (χ0v) is 30.2. The van der Waals surface area contributed by atoms with Crippen LogP contribution in [-0.2, 0) is 59.9 Å². The number of anilines is 1. The predicted octanol–water partition coefficient (Wildman–Crippen LogP) is 6.57. The second-order valence-electron chi connectivity index (χ2n) is 12.7. The molecule has 1 aliphatic rings. The number of amides is 1. The molecule has 4 heterocycles. The Morgan fingerprint density at radius 2 is 1.85 bits per heavy atom. The maximum Gasteiger partial charge on any atom is 0.290 e. The van der Waals surface area contributed by atoms with Crippen molar-refractivity contribution in [2.75, 3.05) is 18.1 Å². The number of alkyl halides is 4. The lowest BCUT2D eigenvalue weighted by Gasteiger charge is -2.23. The average Bonchev–Trinajstić information content (AvgIpc) is 3.82. The lowest BCUT2D eigenvalue weighted by Crippen LogP contribution is -2.35. The number of halogens is 7. The first-order valence-corrected chi connectivity index (χ1v) is 18.2. The molecule has 0 spiro atoms. The van der Waals surface area contributed by atoms with Crippen molar-refractivity contribution in [3.05, 3.63) is 87.1 Å². The zero-order chi connectivity index (χ0) is 38.6. The fourth-order valence-electron chi connectivity index (χ4n) is 6.92. The van der Waals surface area contributed by atoms with Crippen LogP contribution in [0, 0.1) is 11.6 Å². The highest BCUT2D eigenvalue weighted by atomic mass is 35.5. The summed E-state index contributed by atoms with van der Waals surface area (Å²) >= 11 is 5.11. The van der Waals surface area contributed by atoms with Gasteiger partial charge in [-0.15, -0.1) is 0 Å². The Hall–Kier alpha value is -4.85. The van der Waals surface area contributed by atoms with Crippen molar-refractivity contribution < 1.29 is 40.4 Å². The van der Waals surface area contributed by atoms with Gasteiger partial charge in [-0.25, -0.2) is 27.5 Å². The summed E-state index contributed by atoms with van der Waals surface area (Å²) in [4.78, 5) is 26.3. The van der Waals surface area contributed by atoms with Crippen LogP contribution < -0.4 is 10.0 Å². The van der Waals surface area contributed by atoms with E-state index in [2.05, 4.69) is 30.2 Å². The van der Waals surface area contributed by atoms with E-state index in [-0.39, 0.29) is 52.8 Å². The highest BCUT2D eigenvalue weighted by molar-refractivity contribution is 7.92. The molecule has 1 aliphatic carbocycles. The van der Waals surface area contributed by atoms with Crippen LogP contribution in [0.5, 0.6) is 0 Å². The molecule has 7 rings (SSSR count). The van der Waals surface area contributed by atoms with E-state index in [1.165, 1.54) is 18.0 Å². The molecule has 0 aliphatic heterocycles. The van der Waals surface area contributed by atoms with Crippen LogP contribution in [0.4, 0.5) is 32.2 Å². The molecule has 2 aromatic carbocycles. The molecule has 1 amide bonds. The summed E-state index contributed by atoms with van der Waals surface area (Å²) < 4.78 is 109. The third-order valence-corrected chi connectivity index (χ3v) is 9.74. The minimum absolute atomic E-state index is 0.0826. The molecule has 4 aromatic heterocycles. The third kappa shape index (κ3) is 7.07. The van der Waals surface area contributed by atoms with Crippen molar-refractivity contribution in [3.63, 3.8) is 0 Å². The van der Waals surface area contributed by atoms with Crippen molar-refractivity contribution in [2.45, 2.75) is 50.8 Å². The molecule has 6 aromatic rings. The van der Waals surface area contributed by atoms with E-state index >= 15 is 0 Å². The number of hydrogen-bond acceptors (Lipinski definition) is 8. The largest absolute Gasteiger partial charge is 0.593 e. The summed E-state index contributed by atoms with van der Waals surface area (Å²) in [5.74, 6) is -5.61. The molecule has 54 heavy (non-hydrogen) atoms. The number of H-pyrrole nitrogens is 1. The number of nitrogens with zero attached hydrogens (tertiary/aromatic N) is 6. The van der Waals surface area contributed by atoms with E-state index in [1.807, 2.05) is 0 Å². The van der Waals surface area contributed by atoms with Crippen LogP contribution in [0.25, 0.3) is 33.2 Å². The van der Waals surface area contributed by atoms with Crippen molar-refractivity contribution in [3.8, 4) is 11.1 Å². The van der Waals surface area contributed by atoms with Gasteiger partial charge >= 0.3 is 0 Å². The van der Waals surface area contributed by atoms with E-state index < -0.39 is 71.6 Å². The van der Waals surface area contributed by atoms with Crippen LogP contribution in [0.15, 0.2) is 36.4 Å². The van der Waals surface area contributed by atoms with Gasteiger partial charge in [0.25, 0.3) is 12.3 Å². The van der Waals surface area contributed by atoms with E-state index in [1.54, 1.807) is 25.2 Å². The smallest absolute Gasteiger partial charge is 0.290 e. The Morgan fingerprint density at radius 1 is 1.11 bits per heavy atom. The van der Waals surface area contributed by atoms with Gasteiger partial charge in [-0.1, -0.05) is 17.7 Å². The van der Waals surface area contributed by atoms with Crippen molar-refractivity contribution >= 4 is 56.8 Å². The Labute approximate surface area is 310 Å². The normalized spacial score (nSPS) is 15.0. The molecular formula is C34H30ClF6N9O3S. The third-order valence-electron chi connectivity index (χ3n) is 8.95. The molecule has 0 fully saturated rings. The minimum atomic E-state index is -3.50. The number of rotatable bonds is 12. The van der Waals surface area contributed by atoms with Crippen LogP contribution >= 0.6 is 11.6 Å². The molecule has 0 bridgehead atoms. The molecule has 0 saturated heterocycles. The van der Waals surface area contributed by atoms with E-state index in [0.717, 1.165) is 12.1 Å². The highest BCUT2D eigenvalue weighted by Crippen LogP contribution is 2.45. The molecule has 284 valence electrons. The molecule has 2 atom stereocenters. The molecule has 0 saturated carbocycles. The maximum absolute atomic E-state index is 14.9. The van der Waals surface area contributed by atoms with Crippen LogP contribution in [0.1, 0.15) is 52.9 Å². The van der Waals surface area contributed by atoms with Gasteiger partial charge in [0, 0.05) is 43.3 Å². The number of aromatic amines is 1. The number of aromatic nitrogens is 7. The number of nitrogens with one attached hydrogen (secondary N) is 3. The number of ether oxygens (including phenoxy) is 1. The van der Waals surface area contributed by atoms with Crippen molar-refractivity contribution in [1.82, 2.24) is 39.8 Å². The number of carbonyl (C=O) groups is 1. The van der Waals surface area contributed by atoms with Gasteiger partial charge in [0.15, 0.2) is 5.65 Å². The number of fused-ring (bicyclic) bond motifs is 3. The summed E-state index contributed by atoms with van der Waals surface area (Å²) in [5, 5.41) is 11.6. The Balaban J connectivity index is 1.40. The molecule has 0 radical (unpaired) electrons. The number of pyridine rings is 1. The van der Waals surface area contributed by atoms with E-state index in [9.17, 15) is 35.7 Å². The molecule has 2 unspecified atom stereocenters. The molecular weight excluding hydrogens is 764 g/mol. The lowest BCUT2D eigenvalue weighted by atomic mass is 9.94. The number of imidazole rings is 1. The Kier molecular flexibility index (Phi) is 10.0. The fourth-order valence-corrected chi connectivity index (χ4v) is 7.57. The lowest BCUT2D eigenvalue weighted by molar-refractivity contribution is -0.122. The monoisotopic (exact) mass is 793 g/mol. The van der Waals surface area contributed by atoms with Crippen LogP contribution in [0.2, 0.25) is 5.02 Å².